The van der Waals surface area contributed by atoms with E-state index in [1.54, 1.807) is 10.8 Å². The normalized spacial score (nSPS) is 13.9. The van der Waals surface area contributed by atoms with Crippen molar-refractivity contribution in [2.45, 2.75) is 25.5 Å². The second-order valence-electron chi connectivity index (χ2n) is 11.1. The maximum atomic E-state index is 11.1. The van der Waals surface area contributed by atoms with Crippen LogP contribution in [0.1, 0.15) is 12.8 Å². The van der Waals surface area contributed by atoms with Crippen LogP contribution in [0.15, 0.2) is 109 Å². The van der Waals surface area contributed by atoms with Crippen molar-refractivity contribution < 1.29 is 15.0 Å². The maximum absolute atomic E-state index is 11.1. The number of hydrogen-bond acceptors (Lipinski definition) is 5. The predicted octanol–water partition coefficient (Wildman–Crippen LogP) is 7.12. The van der Waals surface area contributed by atoms with Crippen molar-refractivity contribution in [3.8, 4) is 5.69 Å². The summed E-state index contributed by atoms with van der Waals surface area (Å²) in [7, 11) is 0. The molecule has 1 aliphatic heterocycles. The highest BCUT2D eigenvalue weighted by Crippen LogP contribution is 2.29. The van der Waals surface area contributed by atoms with E-state index < -0.39 is 5.97 Å². The third-order valence-corrected chi connectivity index (χ3v) is 8.19. The molecule has 1 fully saturated rings. The maximum Gasteiger partial charge on any atom is 0.323 e. The first-order valence-electron chi connectivity index (χ1n) is 14.6. The summed E-state index contributed by atoms with van der Waals surface area (Å²) in [5.41, 5.74) is 8.29. The molecular weight excluding hydrogens is 538 g/mol. The highest BCUT2D eigenvalue weighted by Gasteiger charge is 2.17. The zero-order chi connectivity index (χ0) is 29.3. The van der Waals surface area contributed by atoms with E-state index in [1.807, 2.05) is 24.3 Å². The summed E-state index contributed by atoms with van der Waals surface area (Å²) in [6, 6.07) is 33.3. The summed E-state index contributed by atoms with van der Waals surface area (Å²) in [6.07, 6.45) is 5.38. The van der Waals surface area contributed by atoms with E-state index in [2.05, 4.69) is 99.1 Å². The van der Waals surface area contributed by atoms with Crippen molar-refractivity contribution in [2.75, 3.05) is 28.6 Å². The van der Waals surface area contributed by atoms with E-state index in [4.69, 9.17) is 5.11 Å². The molecule has 2 aromatic heterocycles. The molecule has 7 rings (SSSR count). The molecule has 0 unspecified atom stereocenters. The highest BCUT2D eigenvalue weighted by atomic mass is 16.4. The highest BCUT2D eigenvalue weighted by molar-refractivity contribution is 5.87. The monoisotopic (exact) mass is 571 g/mol. The molecule has 216 valence electrons. The lowest BCUT2D eigenvalue weighted by molar-refractivity contribution is -0.137. The topological polar surface area (TPSA) is 94.7 Å². The van der Waals surface area contributed by atoms with Gasteiger partial charge in [-0.1, -0.05) is 0 Å². The molecule has 1 saturated heterocycles. The molecule has 0 bridgehead atoms. The van der Waals surface area contributed by atoms with Crippen molar-refractivity contribution in [1.29, 1.82) is 0 Å². The number of carboxylic acid groups (broad SMARTS) is 1. The Morgan fingerprint density at radius 3 is 1.84 bits per heavy atom. The minimum absolute atomic E-state index is 0.0516. The van der Waals surface area contributed by atoms with Crippen LogP contribution in [0.25, 0.3) is 27.5 Å². The Hall–Kier alpha value is -5.21. The Morgan fingerprint density at radius 1 is 0.674 bits per heavy atom. The predicted molar refractivity (Wildman–Crippen MR) is 173 cm³/mol. The number of nitrogens with one attached hydrogen (secondary N) is 2. The number of hydrogen-bond donors (Lipinski definition) is 4. The Morgan fingerprint density at radius 2 is 1.21 bits per heavy atom. The number of aliphatic carboxylic acids is 1. The fourth-order valence-electron chi connectivity index (χ4n) is 5.93. The number of anilines is 5. The van der Waals surface area contributed by atoms with Crippen LogP contribution in [-0.2, 0) is 11.3 Å². The first-order valence-corrected chi connectivity index (χ1v) is 14.6. The molecule has 0 radical (unpaired) electrons. The Bertz CT molecular complexity index is 1900. The van der Waals surface area contributed by atoms with Gasteiger partial charge in [0.05, 0.1) is 11.6 Å². The standard InChI is InChI=1S/C35H33N5O3/c41-32-15-18-38(19-16-32)30-7-1-26(2-8-30)36-29-6-12-34-25(22-29)14-20-40(34)31-9-3-27(4-10-31)37-28-5-11-33-24(21-28)13-17-39(33)23-35(42)43/h1-14,17,20-22,32,36-37,41H,15-16,18-19,23H2,(H,42,43). The quantitative estimate of drug-likeness (QED) is 0.155. The van der Waals surface area contributed by atoms with Crippen LogP contribution < -0.4 is 15.5 Å². The lowest BCUT2D eigenvalue weighted by Gasteiger charge is -2.31. The second kappa shape index (κ2) is 11.2. The number of benzene rings is 4. The molecule has 8 nitrogen and oxygen atoms in total. The van der Waals surface area contributed by atoms with E-state index in [9.17, 15) is 9.90 Å². The summed E-state index contributed by atoms with van der Waals surface area (Å²) in [6.45, 7) is 1.73. The number of aliphatic hydroxyl groups is 1. The van der Waals surface area contributed by atoms with Gasteiger partial charge in [-0.15, -0.1) is 0 Å². The van der Waals surface area contributed by atoms with Crippen molar-refractivity contribution in [2.24, 2.45) is 0 Å². The number of piperidine rings is 1. The van der Waals surface area contributed by atoms with Crippen LogP contribution >= 0.6 is 0 Å². The van der Waals surface area contributed by atoms with Gasteiger partial charge in [0.25, 0.3) is 0 Å². The third kappa shape index (κ3) is 5.65. The number of nitrogens with zero attached hydrogens (tertiary/aromatic N) is 3. The van der Waals surface area contributed by atoms with Crippen LogP contribution in [0.5, 0.6) is 0 Å². The summed E-state index contributed by atoms with van der Waals surface area (Å²) >= 11 is 0. The van der Waals surface area contributed by atoms with Gasteiger partial charge in [0, 0.05) is 75.9 Å². The average molecular weight is 572 g/mol. The van der Waals surface area contributed by atoms with Crippen LogP contribution in [0.4, 0.5) is 28.4 Å². The van der Waals surface area contributed by atoms with Gasteiger partial charge in [-0.3, -0.25) is 4.79 Å². The van der Waals surface area contributed by atoms with Gasteiger partial charge in [-0.2, -0.15) is 0 Å². The minimum Gasteiger partial charge on any atom is -0.480 e. The van der Waals surface area contributed by atoms with Gasteiger partial charge >= 0.3 is 5.97 Å². The van der Waals surface area contributed by atoms with Gasteiger partial charge in [0.15, 0.2) is 0 Å². The van der Waals surface area contributed by atoms with E-state index in [1.165, 1.54) is 5.69 Å². The van der Waals surface area contributed by atoms with Gasteiger partial charge in [-0.25, -0.2) is 0 Å². The zero-order valence-electron chi connectivity index (χ0n) is 23.6. The van der Waals surface area contributed by atoms with Crippen molar-refractivity contribution in [3.63, 3.8) is 0 Å². The van der Waals surface area contributed by atoms with Crippen molar-refractivity contribution in [3.05, 3.63) is 109 Å². The largest absolute Gasteiger partial charge is 0.480 e. The van der Waals surface area contributed by atoms with E-state index in [0.717, 1.165) is 76.2 Å². The molecule has 0 spiro atoms. The molecule has 0 amide bonds. The number of aliphatic hydroxyl groups excluding tert-OH is 1. The molecule has 4 aromatic carbocycles. The Kier molecular flexibility index (Phi) is 6.96. The van der Waals surface area contributed by atoms with Crippen LogP contribution in [-0.4, -0.2) is 44.5 Å². The number of carboxylic acids is 1. The molecular formula is C35H33N5O3. The first kappa shape index (κ1) is 26.7. The lowest BCUT2D eigenvalue weighted by Crippen LogP contribution is -2.35. The van der Waals surface area contributed by atoms with Crippen LogP contribution in [0.3, 0.4) is 0 Å². The first-order chi connectivity index (χ1) is 21.0. The fourth-order valence-corrected chi connectivity index (χ4v) is 5.93. The molecule has 0 saturated carbocycles. The molecule has 0 atom stereocenters. The molecule has 0 aliphatic carbocycles. The molecule has 43 heavy (non-hydrogen) atoms. The van der Waals surface area contributed by atoms with Crippen molar-refractivity contribution >= 4 is 56.2 Å². The summed E-state index contributed by atoms with van der Waals surface area (Å²) in [4.78, 5) is 13.4. The van der Waals surface area contributed by atoms with Crippen molar-refractivity contribution in [1.82, 2.24) is 9.13 Å². The molecule has 6 aromatic rings. The third-order valence-electron chi connectivity index (χ3n) is 8.19. The summed E-state index contributed by atoms with van der Waals surface area (Å²) in [5, 5.41) is 28.0. The summed E-state index contributed by atoms with van der Waals surface area (Å²) < 4.78 is 3.92. The minimum atomic E-state index is -0.857. The number of aromatic nitrogens is 2. The SMILES string of the molecule is O=C(O)Cn1ccc2cc(Nc3ccc(-n4ccc5cc(Nc6ccc(N7CCC(O)CC7)cc6)ccc54)cc3)ccc21. The van der Waals surface area contributed by atoms with E-state index in [0.29, 0.717) is 0 Å². The number of fused-ring (bicyclic) bond motifs is 2. The average Bonchev–Trinajstić information content (AvgIpc) is 3.62. The van der Waals surface area contributed by atoms with Gasteiger partial charge in [-0.05, 0) is 110 Å². The Balaban J connectivity index is 1.02. The number of carbonyl (C=O) groups is 1. The van der Waals surface area contributed by atoms with Gasteiger partial charge in [0.2, 0.25) is 0 Å². The van der Waals surface area contributed by atoms with E-state index >= 15 is 0 Å². The smallest absolute Gasteiger partial charge is 0.323 e. The fraction of sp³-hybridized carbons (Fsp3) is 0.171. The van der Waals surface area contributed by atoms with Gasteiger partial charge in [0.1, 0.15) is 6.54 Å². The lowest BCUT2D eigenvalue weighted by atomic mass is 10.1. The molecule has 8 heteroatoms. The van der Waals surface area contributed by atoms with E-state index in [-0.39, 0.29) is 12.6 Å². The number of rotatable bonds is 8. The van der Waals surface area contributed by atoms with Crippen LogP contribution in [0, 0.1) is 0 Å². The molecule has 4 N–H and O–H groups in total. The summed E-state index contributed by atoms with van der Waals surface area (Å²) in [5.74, 6) is -0.857. The zero-order valence-corrected chi connectivity index (χ0v) is 23.6. The van der Waals surface area contributed by atoms with Gasteiger partial charge < -0.3 is 34.9 Å². The van der Waals surface area contributed by atoms with Crippen LogP contribution in [0.2, 0.25) is 0 Å². The second-order valence-corrected chi connectivity index (χ2v) is 11.1. The molecule has 1 aliphatic rings. The Labute approximate surface area is 249 Å². The molecule has 3 heterocycles.